The van der Waals surface area contributed by atoms with Gasteiger partial charge in [0.15, 0.2) is 0 Å². The summed E-state index contributed by atoms with van der Waals surface area (Å²) in [7, 11) is 0. The third-order valence-corrected chi connectivity index (χ3v) is 7.72. The Morgan fingerprint density at radius 3 is 2.38 bits per heavy atom. The molecule has 0 radical (unpaired) electrons. The molecule has 1 amide bonds. The number of hydrogen-bond acceptors (Lipinski definition) is 4. The highest BCUT2D eigenvalue weighted by molar-refractivity contribution is 7.99. The van der Waals surface area contributed by atoms with E-state index in [2.05, 4.69) is 36.5 Å². The summed E-state index contributed by atoms with van der Waals surface area (Å²) in [5, 5.41) is 13.6. The fraction of sp³-hybridized carbons (Fsp3) is 0.667. The lowest BCUT2D eigenvalue weighted by atomic mass is 9.82. The number of amides is 1. The van der Waals surface area contributed by atoms with Crippen LogP contribution in [0.3, 0.4) is 0 Å². The van der Waals surface area contributed by atoms with Gasteiger partial charge in [-0.25, -0.2) is 0 Å². The monoisotopic (exact) mass is 417 g/mol. The molecule has 5 unspecified atom stereocenters. The Morgan fingerprint density at radius 1 is 1.14 bits per heavy atom. The van der Waals surface area contributed by atoms with Crippen molar-refractivity contribution in [3.8, 4) is 0 Å². The Hall–Kier alpha value is -1.33. The molecule has 4 nitrogen and oxygen atoms in total. The quantitative estimate of drug-likeness (QED) is 0.715. The number of hydrogen-bond donors (Lipinski definition) is 2. The first-order chi connectivity index (χ1) is 13.6. The largest absolute Gasteiger partial charge is 0.393 e. The number of carbonyl (C=O) groups is 2. The van der Waals surface area contributed by atoms with E-state index >= 15 is 0 Å². The van der Waals surface area contributed by atoms with Crippen molar-refractivity contribution >= 4 is 23.5 Å². The van der Waals surface area contributed by atoms with Crippen molar-refractivity contribution in [3.63, 3.8) is 0 Å². The molecule has 1 saturated heterocycles. The van der Waals surface area contributed by atoms with Crippen LogP contribution in [0.15, 0.2) is 24.3 Å². The van der Waals surface area contributed by atoms with Crippen LogP contribution in [0.1, 0.15) is 69.8 Å². The van der Waals surface area contributed by atoms with Crippen molar-refractivity contribution in [2.75, 3.05) is 5.75 Å². The highest BCUT2D eigenvalue weighted by atomic mass is 32.2. The van der Waals surface area contributed by atoms with Crippen LogP contribution in [0.25, 0.3) is 0 Å². The molecule has 5 atom stereocenters. The molecule has 1 aliphatic heterocycles. The van der Waals surface area contributed by atoms with Gasteiger partial charge in [-0.3, -0.25) is 9.59 Å². The van der Waals surface area contributed by atoms with E-state index in [-0.39, 0.29) is 23.0 Å². The Kier molecular flexibility index (Phi) is 7.10. The van der Waals surface area contributed by atoms with Gasteiger partial charge in [0.25, 0.3) is 0 Å². The molecular weight excluding hydrogens is 382 g/mol. The summed E-state index contributed by atoms with van der Waals surface area (Å²) in [5.41, 5.74) is 2.32. The third-order valence-electron chi connectivity index (χ3n) is 6.16. The zero-order valence-electron chi connectivity index (χ0n) is 18.1. The van der Waals surface area contributed by atoms with Gasteiger partial charge >= 0.3 is 0 Å². The minimum Gasteiger partial charge on any atom is -0.393 e. The molecule has 1 aliphatic carbocycles. The van der Waals surface area contributed by atoms with Gasteiger partial charge in [-0.15, -0.1) is 0 Å². The van der Waals surface area contributed by atoms with Crippen molar-refractivity contribution in [3.05, 3.63) is 35.4 Å². The first kappa shape index (κ1) is 22.4. The molecule has 1 saturated carbocycles. The molecule has 0 bridgehead atoms. The van der Waals surface area contributed by atoms with Crippen LogP contribution >= 0.6 is 11.8 Å². The third kappa shape index (κ3) is 5.85. The minimum absolute atomic E-state index is 0.0988. The van der Waals surface area contributed by atoms with Gasteiger partial charge in [-0.1, -0.05) is 52.0 Å². The van der Waals surface area contributed by atoms with Gasteiger partial charge < -0.3 is 10.4 Å². The molecule has 29 heavy (non-hydrogen) atoms. The minimum atomic E-state index is -0.565. The molecule has 1 aromatic rings. The van der Waals surface area contributed by atoms with E-state index in [1.807, 2.05) is 32.5 Å². The van der Waals surface area contributed by atoms with Gasteiger partial charge in [0.1, 0.15) is 5.78 Å². The van der Waals surface area contributed by atoms with Crippen LogP contribution in [0, 0.1) is 23.2 Å². The molecule has 160 valence electrons. The molecule has 3 rings (SSSR count). The van der Waals surface area contributed by atoms with E-state index in [4.69, 9.17) is 0 Å². The normalized spacial score (nSPS) is 29.8. The Labute approximate surface area is 179 Å². The molecule has 0 aromatic heterocycles. The summed E-state index contributed by atoms with van der Waals surface area (Å²) in [6.07, 6.45) is 1.92. The van der Waals surface area contributed by atoms with E-state index in [0.29, 0.717) is 37.0 Å². The van der Waals surface area contributed by atoms with Crippen molar-refractivity contribution in [2.24, 2.45) is 23.2 Å². The summed E-state index contributed by atoms with van der Waals surface area (Å²) in [6, 6.07) is 8.53. The van der Waals surface area contributed by atoms with Crippen molar-refractivity contribution < 1.29 is 14.7 Å². The lowest BCUT2D eigenvalue weighted by Crippen LogP contribution is -2.35. The molecule has 2 N–H and O–H groups in total. The number of aliphatic hydroxyl groups is 1. The maximum atomic E-state index is 12.8. The van der Waals surface area contributed by atoms with Crippen LogP contribution in [0.5, 0.6) is 0 Å². The second kappa shape index (κ2) is 9.22. The van der Waals surface area contributed by atoms with E-state index in [1.54, 1.807) is 0 Å². The highest BCUT2D eigenvalue weighted by Crippen LogP contribution is 2.44. The van der Waals surface area contributed by atoms with Gasteiger partial charge in [-0.05, 0) is 47.5 Å². The zero-order chi connectivity index (χ0) is 21.2. The van der Waals surface area contributed by atoms with Crippen molar-refractivity contribution in [2.45, 2.75) is 71.3 Å². The highest BCUT2D eigenvalue weighted by Gasteiger charge is 2.42. The molecule has 1 heterocycles. The van der Waals surface area contributed by atoms with Crippen molar-refractivity contribution in [1.29, 1.82) is 0 Å². The van der Waals surface area contributed by atoms with Gasteiger partial charge in [-0.2, -0.15) is 11.8 Å². The smallest absolute Gasteiger partial charge is 0.224 e. The van der Waals surface area contributed by atoms with E-state index in [0.717, 1.165) is 5.56 Å². The molecule has 5 heteroatoms. The zero-order valence-corrected chi connectivity index (χ0v) is 18.9. The summed E-state index contributed by atoms with van der Waals surface area (Å²) < 4.78 is 0. The van der Waals surface area contributed by atoms with Crippen LogP contribution in [-0.2, 0) is 16.1 Å². The number of rotatable bonds is 6. The summed E-state index contributed by atoms with van der Waals surface area (Å²) in [6.45, 7) is 8.85. The van der Waals surface area contributed by atoms with Gasteiger partial charge in [0.05, 0.1) is 12.0 Å². The summed E-state index contributed by atoms with van der Waals surface area (Å²) in [5.74, 6) is 1.13. The predicted octanol–water partition coefficient (Wildman–Crippen LogP) is 4.51. The Bertz CT molecular complexity index is 725. The number of thioether (sulfide) groups is 1. The van der Waals surface area contributed by atoms with Crippen LogP contribution in [0.2, 0.25) is 0 Å². The van der Waals surface area contributed by atoms with Gasteiger partial charge in [0.2, 0.25) is 5.91 Å². The number of benzene rings is 1. The molecular formula is C24H35NO3S. The number of Topliss-reactive ketones (excluding diaryl/α,β-unsaturated/α-hetero) is 1. The lowest BCUT2D eigenvalue weighted by Gasteiger charge is -2.23. The topological polar surface area (TPSA) is 66.4 Å². The number of ketones is 1. The fourth-order valence-corrected chi connectivity index (χ4v) is 6.15. The Morgan fingerprint density at radius 2 is 1.79 bits per heavy atom. The summed E-state index contributed by atoms with van der Waals surface area (Å²) >= 11 is 2.03. The predicted molar refractivity (Wildman–Crippen MR) is 119 cm³/mol. The number of aliphatic hydroxyl groups excluding tert-OH is 1. The summed E-state index contributed by atoms with van der Waals surface area (Å²) in [4.78, 5) is 25.5. The number of nitrogens with one attached hydrogen (secondary N) is 1. The van der Waals surface area contributed by atoms with Crippen LogP contribution < -0.4 is 5.32 Å². The van der Waals surface area contributed by atoms with E-state index in [9.17, 15) is 14.7 Å². The molecule has 1 aromatic carbocycles. The van der Waals surface area contributed by atoms with Crippen LogP contribution in [-0.4, -0.2) is 28.7 Å². The molecule has 2 fully saturated rings. The lowest BCUT2D eigenvalue weighted by molar-refractivity contribution is -0.133. The molecule has 0 spiro atoms. The van der Waals surface area contributed by atoms with Gasteiger partial charge in [0, 0.05) is 24.1 Å². The van der Waals surface area contributed by atoms with Crippen LogP contribution in [0.4, 0.5) is 0 Å². The SMILES string of the molecule is CC1CCSC1c1ccc(CNC(=O)C2CC(O)CC2C(=O)CC(C)(C)C)cc1. The molecule has 2 aliphatic rings. The second-order valence-corrected chi connectivity index (χ2v) is 11.3. The maximum absolute atomic E-state index is 12.8. The first-order valence-corrected chi connectivity index (χ1v) is 11.9. The Balaban J connectivity index is 1.57. The average molecular weight is 418 g/mol. The number of carbonyl (C=O) groups excluding carboxylic acids is 2. The standard InChI is InChI=1S/C24H35NO3S/c1-15-9-10-29-22(15)17-7-5-16(6-8-17)14-25-23(28)20-12-18(26)11-19(20)21(27)13-24(2,3)4/h5-8,15,18-20,22,26H,9-14H2,1-4H3,(H,25,28). The van der Waals surface area contributed by atoms with Crippen molar-refractivity contribution in [1.82, 2.24) is 5.32 Å². The maximum Gasteiger partial charge on any atom is 0.224 e. The average Bonchev–Trinajstić information content (AvgIpc) is 3.24. The second-order valence-electron chi connectivity index (χ2n) is 10.1. The fourth-order valence-electron chi connectivity index (χ4n) is 4.58. The van der Waals surface area contributed by atoms with E-state index < -0.39 is 12.0 Å². The van der Waals surface area contributed by atoms with E-state index in [1.165, 1.54) is 17.7 Å². The first-order valence-electron chi connectivity index (χ1n) is 10.8.